The quantitative estimate of drug-likeness (QED) is 0.802. The highest BCUT2D eigenvalue weighted by molar-refractivity contribution is 5.97. The lowest BCUT2D eigenvalue weighted by Gasteiger charge is -2.05. The molecular formula is C12H11N3O2. The predicted molar refractivity (Wildman–Crippen MR) is 62.1 cm³/mol. The zero-order valence-corrected chi connectivity index (χ0v) is 9.25. The molecule has 0 saturated carbocycles. The number of para-hydroxylation sites is 1. The Balaban J connectivity index is 2.52. The highest BCUT2D eigenvalue weighted by Gasteiger charge is 2.10. The number of rotatable bonds is 3. The molecule has 5 nitrogen and oxygen atoms in total. The van der Waals surface area contributed by atoms with E-state index in [1.807, 2.05) is 0 Å². The fraction of sp³-hybridized carbons (Fsp3) is 0.0833. The smallest absolute Gasteiger partial charge is 0.251 e. The van der Waals surface area contributed by atoms with Crippen LogP contribution >= 0.6 is 0 Å². The van der Waals surface area contributed by atoms with E-state index in [1.165, 1.54) is 24.0 Å². The molecule has 17 heavy (non-hydrogen) atoms. The Labute approximate surface area is 97.9 Å². The Morgan fingerprint density at radius 1 is 1.29 bits per heavy atom. The van der Waals surface area contributed by atoms with Crippen molar-refractivity contribution < 1.29 is 9.59 Å². The fourth-order valence-electron chi connectivity index (χ4n) is 1.55. The molecule has 0 bridgehead atoms. The third-order valence-electron chi connectivity index (χ3n) is 2.40. The van der Waals surface area contributed by atoms with Gasteiger partial charge in [-0.15, -0.1) is 0 Å². The van der Waals surface area contributed by atoms with E-state index in [-0.39, 0.29) is 5.78 Å². The second-order valence-corrected chi connectivity index (χ2v) is 3.61. The van der Waals surface area contributed by atoms with Crippen molar-refractivity contribution in [3.05, 3.63) is 47.8 Å². The van der Waals surface area contributed by atoms with Crippen LogP contribution in [0.5, 0.6) is 0 Å². The summed E-state index contributed by atoms with van der Waals surface area (Å²) in [6.45, 7) is 1.48. The van der Waals surface area contributed by atoms with Gasteiger partial charge in [0.05, 0.1) is 17.4 Å². The van der Waals surface area contributed by atoms with Gasteiger partial charge in [-0.1, -0.05) is 12.1 Å². The minimum absolute atomic E-state index is 0.0586. The number of hydrogen-bond acceptors (Lipinski definition) is 3. The number of ketones is 1. The average molecular weight is 229 g/mol. The number of hydrogen-bond donors (Lipinski definition) is 1. The molecule has 0 radical (unpaired) electrons. The van der Waals surface area contributed by atoms with Gasteiger partial charge in [0, 0.05) is 11.8 Å². The van der Waals surface area contributed by atoms with E-state index in [4.69, 9.17) is 5.73 Å². The fourth-order valence-corrected chi connectivity index (χ4v) is 1.55. The molecular weight excluding hydrogens is 218 g/mol. The molecule has 2 rings (SSSR count). The Morgan fingerprint density at radius 3 is 2.59 bits per heavy atom. The van der Waals surface area contributed by atoms with Crippen molar-refractivity contribution in [1.29, 1.82) is 0 Å². The van der Waals surface area contributed by atoms with Crippen molar-refractivity contribution in [2.75, 3.05) is 0 Å². The Morgan fingerprint density at radius 2 is 2.00 bits per heavy atom. The monoisotopic (exact) mass is 229 g/mol. The number of primary amides is 1. The number of Topliss-reactive ketones (excluding diaryl/α,β-unsaturated/α-hetero) is 1. The van der Waals surface area contributed by atoms with E-state index in [9.17, 15) is 9.59 Å². The summed E-state index contributed by atoms with van der Waals surface area (Å²) in [5.74, 6) is -0.603. The highest BCUT2D eigenvalue weighted by atomic mass is 16.1. The first-order valence-electron chi connectivity index (χ1n) is 5.04. The second kappa shape index (κ2) is 4.21. The summed E-state index contributed by atoms with van der Waals surface area (Å²) in [6.07, 6.45) is 2.88. The van der Waals surface area contributed by atoms with Gasteiger partial charge < -0.3 is 5.73 Å². The van der Waals surface area contributed by atoms with Crippen molar-refractivity contribution in [1.82, 2.24) is 9.78 Å². The first-order valence-corrected chi connectivity index (χ1v) is 5.04. The largest absolute Gasteiger partial charge is 0.366 e. The van der Waals surface area contributed by atoms with E-state index in [0.29, 0.717) is 16.8 Å². The third-order valence-corrected chi connectivity index (χ3v) is 2.40. The maximum atomic E-state index is 11.4. The molecule has 2 aromatic rings. The van der Waals surface area contributed by atoms with E-state index in [2.05, 4.69) is 5.10 Å². The van der Waals surface area contributed by atoms with Gasteiger partial charge >= 0.3 is 0 Å². The van der Waals surface area contributed by atoms with Gasteiger partial charge in [-0.2, -0.15) is 5.10 Å². The molecule has 0 aliphatic carbocycles. The predicted octanol–water partition coefficient (Wildman–Crippen LogP) is 1.17. The topological polar surface area (TPSA) is 78.0 Å². The summed E-state index contributed by atoms with van der Waals surface area (Å²) in [6, 6.07) is 7.05. The molecule has 0 spiro atoms. The maximum Gasteiger partial charge on any atom is 0.251 e. The van der Waals surface area contributed by atoms with Crippen molar-refractivity contribution in [3.8, 4) is 5.69 Å². The number of aromatic nitrogens is 2. The minimum atomic E-state index is -0.545. The lowest BCUT2D eigenvalue weighted by molar-refractivity contribution is 0.0996. The number of nitrogens with two attached hydrogens (primary N) is 1. The standard InChI is InChI=1S/C12H11N3O2/c1-8(16)10-4-2-3-5-11(10)15-7-9(6-14-15)12(13)17/h2-7H,1H3,(H2,13,17). The number of nitrogens with zero attached hydrogens (tertiary/aromatic N) is 2. The van der Waals surface area contributed by atoms with E-state index >= 15 is 0 Å². The number of benzene rings is 1. The zero-order valence-electron chi connectivity index (χ0n) is 9.25. The third kappa shape index (κ3) is 2.08. The molecule has 86 valence electrons. The lowest BCUT2D eigenvalue weighted by Crippen LogP contribution is -2.09. The molecule has 2 N–H and O–H groups in total. The van der Waals surface area contributed by atoms with Gasteiger partial charge in [0.2, 0.25) is 0 Å². The maximum absolute atomic E-state index is 11.4. The molecule has 0 atom stereocenters. The van der Waals surface area contributed by atoms with E-state index < -0.39 is 5.91 Å². The molecule has 1 aromatic carbocycles. The molecule has 1 aromatic heterocycles. The van der Waals surface area contributed by atoms with Crippen molar-refractivity contribution in [3.63, 3.8) is 0 Å². The first kappa shape index (κ1) is 11.1. The van der Waals surface area contributed by atoms with Crippen LogP contribution in [-0.4, -0.2) is 21.5 Å². The van der Waals surface area contributed by atoms with Crippen LogP contribution in [0.3, 0.4) is 0 Å². The Bertz CT molecular complexity index is 587. The van der Waals surface area contributed by atoms with E-state index in [1.54, 1.807) is 24.3 Å². The Hall–Kier alpha value is -2.43. The van der Waals surface area contributed by atoms with Gasteiger partial charge in [0.15, 0.2) is 5.78 Å². The summed E-state index contributed by atoms with van der Waals surface area (Å²) >= 11 is 0. The molecule has 0 saturated heterocycles. The number of carbonyl (C=O) groups is 2. The van der Waals surface area contributed by atoms with Crippen LogP contribution in [0, 0.1) is 0 Å². The number of carbonyl (C=O) groups excluding carboxylic acids is 2. The van der Waals surface area contributed by atoms with Gasteiger partial charge in [-0.05, 0) is 19.1 Å². The molecule has 0 aliphatic heterocycles. The summed E-state index contributed by atoms with van der Waals surface area (Å²) in [7, 11) is 0. The SMILES string of the molecule is CC(=O)c1ccccc1-n1cc(C(N)=O)cn1. The van der Waals surface area contributed by atoms with Crippen LogP contribution in [0.4, 0.5) is 0 Å². The molecule has 0 aliphatic rings. The molecule has 0 unspecified atom stereocenters. The first-order chi connectivity index (χ1) is 8.09. The molecule has 0 fully saturated rings. The van der Waals surface area contributed by atoms with Crippen molar-refractivity contribution in [2.24, 2.45) is 5.73 Å². The highest BCUT2D eigenvalue weighted by Crippen LogP contribution is 2.14. The zero-order chi connectivity index (χ0) is 12.4. The number of amides is 1. The molecule has 1 heterocycles. The van der Waals surface area contributed by atoms with Gasteiger partial charge in [0.25, 0.3) is 5.91 Å². The summed E-state index contributed by atoms with van der Waals surface area (Å²) in [4.78, 5) is 22.4. The second-order valence-electron chi connectivity index (χ2n) is 3.61. The van der Waals surface area contributed by atoms with Crippen LogP contribution in [0.15, 0.2) is 36.7 Å². The van der Waals surface area contributed by atoms with Crippen LogP contribution in [0.2, 0.25) is 0 Å². The van der Waals surface area contributed by atoms with Crippen molar-refractivity contribution >= 4 is 11.7 Å². The van der Waals surface area contributed by atoms with Crippen LogP contribution in [0.25, 0.3) is 5.69 Å². The van der Waals surface area contributed by atoms with Crippen LogP contribution in [-0.2, 0) is 0 Å². The summed E-state index contributed by atoms with van der Waals surface area (Å²) in [5.41, 5.74) is 6.63. The average Bonchev–Trinajstić information content (AvgIpc) is 2.78. The van der Waals surface area contributed by atoms with Crippen LogP contribution < -0.4 is 5.73 Å². The minimum Gasteiger partial charge on any atom is -0.366 e. The summed E-state index contributed by atoms with van der Waals surface area (Å²) < 4.78 is 1.47. The van der Waals surface area contributed by atoms with Gasteiger partial charge in [0.1, 0.15) is 0 Å². The lowest BCUT2D eigenvalue weighted by atomic mass is 10.1. The molecule has 1 amide bonds. The summed E-state index contributed by atoms with van der Waals surface area (Å²) in [5, 5.41) is 4.01. The van der Waals surface area contributed by atoms with Gasteiger partial charge in [-0.3, -0.25) is 9.59 Å². The normalized spacial score (nSPS) is 10.2. The van der Waals surface area contributed by atoms with Gasteiger partial charge in [-0.25, -0.2) is 4.68 Å². The Kier molecular flexibility index (Phi) is 2.74. The van der Waals surface area contributed by atoms with E-state index in [0.717, 1.165) is 0 Å². The van der Waals surface area contributed by atoms with Crippen LogP contribution in [0.1, 0.15) is 27.6 Å². The molecule has 5 heteroatoms. The van der Waals surface area contributed by atoms with Crippen molar-refractivity contribution in [2.45, 2.75) is 6.92 Å².